The van der Waals surface area contributed by atoms with Crippen molar-refractivity contribution >= 4 is 32.4 Å². The van der Waals surface area contributed by atoms with Gasteiger partial charge in [0.2, 0.25) is 11.8 Å². The Balaban J connectivity index is 1.53. The van der Waals surface area contributed by atoms with Crippen molar-refractivity contribution in [2.45, 2.75) is 102 Å². The number of nitrogens with zero attached hydrogens (tertiary/aromatic N) is 1. The molecular weight excluding hydrogens is 630 g/mol. The van der Waals surface area contributed by atoms with Gasteiger partial charge >= 0.3 is 0 Å². The van der Waals surface area contributed by atoms with Gasteiger partial charge in [0.15, 0.2) is 9.84 Å². The molecule has 2 fully saturated rings. The van der Waals surface area contributed by atoms with Crippen molar-refractivity contribution in [3.8, 4) is 0 Å². The summed E-state index contributed by atoms with van der Waals surface area (Å²) in [5.41, 5.74) is 0.874. The van der Waals surface area contributed by atoms with Gasteiger partial charge < -0.3 is 25.6 Å². The molecule has 1 aliphatic carbocycles. The maximum absolute atomic E-state index is 14.0. The van der Waals surface area contributed by atoms with Crippen LogP contribution < -0.4 is 10.6 Å². The van der Waals surface area contributed by atoms with Crippen LogP contribution in [0.1, 0.15) is 77.2 Å². The molecule has 0 bridgehead atoms. The molecule has 5 atom stereocenters. The molecular formula is C37H57N3O7S. The minimum Gasteiger partial charge on any atom is -0.389 e. The summed E-state index contributed by atoms with van der Waals surface area (Å²) in [6.45, 7) is 6.34. The standard InChI is InChI=1S/C37H57N3O7S/c1-3-5-18-32(38-36(43)30(26-48(45,46)4-2)24-29-16-11-15-28-14-9-10-17-31(28)29)37(44)39-33(23-27-12-7-6-8-13-27)35(42)34(41)25-40-19-21-47-22-20-40/h9-11,14-17,27,30,32-35,41-42H,3-8,12-13,18-26H2,1-2H3,(H,38,43)(H,39,44). The summed E-state index contributed by atoms with van der Waals surface area (Å²) in [7, 11) is -3.51. The monoisotopic (exact) mass is 687 g/mol. The second-order valence-corrected chi connectivity index (χ2v) is 16.2. The van der Waals surface area contributed by atoms with Crippen molar-refractivity contribution in [1.82, 2.24) is 15.5 Å². The van der Waals surface area contributed by atoms with E-state index in [2.05, 4.69) is 15.5 Å². The summed E-state index contributed by atoms with van der Waals surface area (Å²) in [6.07, 6.45) is 5.76. The van der Waals surface area contributed by atoms with Gasteiger partial charge in [0, 0.05) is 25.4 Å². The van der Waals surface area contributed by atoms with Crippen molar-refractivity contribution in [2.75, 3.05) is 44.4 Å². The van der Waals surface area contributed by atoms with Crippen molar-refractivity contribution in [2.24, 2.45) is 11.8 Å². The predicted octanol–water partition coefficient (Wildman–Crippen LogP) is 3.62. The summed E-state index contributed by atoms with van der Waals surface area (Å²) < 4.78 is 31.1. The number of hydrogen-bond acceptors (Lipinski definition) is 8. The number of hydrogen-bond donors (Lipinski definition) is 4. The molecule has 48 heavy (non-hydrogen) atoms. The fourth-order valence-electron chi connectivity index (χ4n) is 7.13. The lowest BCUT2D eigenvalue weighted by Crippen LogP contribution is -2.57. The Labute approximate surface area is 286 Å². The lowest BCUT2D eigenvalue weighted by molar-refractivity contribution is -0.132. The highest BCUT2D eigenvalue weighted by Gasteiger charge is 2.35. The number of β-amino-alcohol motifs (C(OH)–C–C–N with tert-alkyl or cyclic N) is 1. The van der Waals surface area contributed by atoms with E-state index in [9.17, 15) is 28.2 Å². The number of aliphatic hydroxyl groups excluding tert-OH is 2. The first-order chi connectivity index (χ1) is 23.1. The van der Waals surface area contributed by atoms with Crippen LogP contribution in [0.25, 0.3) is 10.8 Å². The molecule has 1 heterocycles. The number of fused-ring (bicyclic) bond motifs is 1. The summed E-state index contributed by atoms with van der Waals surface area (Å²) in [4.78, 5) is 30.0. The van der Waals surface area contributed by atoms with Gasteiger partial charge in [-0.25, -0.2) is 8.42 Å². The number of ether oxygens (including phenoxy) is 1. The van der Waals surface area contributed by atoms with Crippen LogP contribution >= 0.6 is 0 Å². The maximum atomic E-state index is 14.0. The third-order valence-electron chi connectivity index (χ3n) is 10.1. The molecule has 1 saturated carbocycles. The van der Waals surface area contributed by atoms with Gasteiger partial charge in [0.1, 0.15) is 12.1 Å². The van der Waals surface area contributed by atoms with Crippen LogP contribution in [0.4, 0.5) is 0 Å². The number of carbonyl (C=O) groups excluding carboxylic acids is 2. The van der Waals surface area contributed by atoms with Crippen molar-refractivity contribution in [1.29, 1.82) is 0 Å². The van der Waals surface area contributed by atoms with E-state index in [0.29, 0.717) is 51.5 Å². The highest BCUT2D eigenvalue weighted by Crippen LogP contribution is 2.29. The Morgan fingerprint density at radius 3 is 2.38 bits per heavy atom. The first-order valence-corrected chi connectivity index (χ1v) is 19.9. The molecule has 10 nitrogen and oxygen atoms in total. The largest absolute Gasteiger partial charge is 0.389 e. The summed E-state index contributed by atoms with van der Waals surface area (Å²) in [5.74, 6) is -1.87. The van der Waals surface area contributed by atoms with Gasteiger partial charge in [-0.2, -0.15) is 0 Å². The Morgan fingerprint density at radius 2 is 1.67 bits per heavy atom. The fourth-order valence-corrected chi connectivity index (χ4v) is 8.25. The lowest BCUT2D eigenvalue weighted by atomic mass is 9.83. The molecule has 2 amide bonds. The highest BCUT2D eigenvalue weighted by atomic mass is 32.2. The van der Waals surface area contributed by atoms with Gasteiger partial charge in [-0.05, 0) is 41.5 Å². The number of carbonyl (C=O) groups is 2. The molecule has 1 aliphatic heterocycles. The Morgan fingerprint density at radius 1 is 0.958 bits per heavy atom. The molecule has 2 aliphatic rings. The zero-order valence-electron chi connectivity index (χ0n) is 28.8. The van der Waals surface area contributed by atoms with Crippen LogP contribution in [0.2, 0.25) is 0 Å². The first-order valence-electron chi connectivity index (χ1n) is 18.0. The van der Waals surface area contributed by atoms with Gasteiger partial charge in [0.25, 0.3) is 0 Å². The van der Waals surface area contributed by atoms with Gasteiger partial charge in [0.05, 0.1) is 37.0 Å². The zero-order valence-corrected chi connectivity index (χ0v) is 29.6. The third kappa shape index (κ3) is 11.5. The molecule has 2 aromatic rings. The Bertz CT molecular complexity index is 1400. The number of nitrogens with one attached hydrogen (secondary N) is 2. The molecule has 0 spiro atoms. The minimum atomic E-state index is -3.51. The third-order valence-corrected chi connectivity index (χ3v) is 11.9. The van der Waals surface area contributed by atoms with Gasteiger partial charge in [-0.3, -0.25) is 14.5 Å². The van der Waals surface area contributed by atoms with E-state index in [1.165, 1.54) is 6.42 Å². The summed E-state index contributed by atoms with van der Waals surface area (Å²) in [5, 5.41) is 30.5. The highest BCUT2D eigenvalue weighted by molar-refractivity contribution is 7.91. The normalized spacial score (nSPS) is 19.7. The first kappa shape index (κ1) is 38.2. The van der Waals surface area contributed by atoms with Crippen LogP contribution in [0.5, 0.6) is 0 Å². The Hall–Kier alpha value is -2.57. The molecule has 4 rings (SSSR count). The molecule has 4 N–H and O–H groups in total. The van der Waals surface area contributed by atoms with E-state index in [0.717, 1.165) is 48.4 Å². The number of rotatable bonds is 18. The quantitative estimate of drug-likeness (QED) is 0.186. The van der Waals surface area contributed by atoms with Gasteiger partial charge in [-0.1, -0.05) is 101 Å². The fraction of sp³-hybridized carbons (Fsp3) is 0.676. The van der Waals surface area contributed by atoms with E-state index in [1.807, 2.05) is 49.4 Å². The summed E-state index contributed by atoms with van der Waals surface area (Å²) >= 11 is 0. The van der Waals surface area contributed by atoms with Crippen LogP contribution in [0.15, 0.2) is 42.5 Å². The van der Waals surface area contributed by atoms with Crippen LogP contribution in [0, 0.1) is 11.8 Å². The van der Waals surface area contributed by atoms with Crippen molar-refractivity contribution < 1.29 is 33.0 Å². The number of amides is 2. The molecule has 268 valence electrons. The van der Waals surface area contributed by atoms with Crippen LogP contribution in [-0.2, 0) is 30.6 Å². The summed E-state index contributed by atoms with van der Waals surface area (Å²) in [6, 6.07) is 12.0. The van der Waals surface area contributed by atoms with Crippen molar-refractivity contribution in [3.05, 3.63) is 48.0 Å². The number of unbranched alkanes of at least 4 members (excludes halogenated alkanes) is 1. The van der Waals surface area contributed by atoms with E-state index < -0.39 is 51.9 Å². The predicted molar refractivity (Wildman–Crippen MR) is 189 cm³/mol. The van der Waals surface area contributed by atoms with E-state index >= 15 is 0 Å². The smallest absolute Gasteiger partial charge is 0.242 e. The SMILES string of the molecule is CCCCC(NC(=O)C(Cc1cccc2ccccc12)CS(=O)(=O)CC)C(=O)NC(CC1CCCCC1)C(O)C(O)CN1CCOCC1. The van der Waals surface area contributed by atoms with E-state index in [-0.39, 0.29) is 24.5 Å². The average Bonchev–Trinajstić information content (AvgIpc) is 3.10. The zero-order chi connectivity index (χ0) is 34.5. The molecule has 2 aromatic carbocycles. The molecule has 5 unspecified atom stereocenters. The minimum absolute atomic E-state index is 0.0837. The topological polar surface area (TPSA) is 145 Å². The number of morpholine rings is 1. The molecule has 11 heteroatoms. The number of sulfone groups is 1. The maximum Gasteiger partial charge on any atom is 0.242 e. The Kier molecular flexibility index (Phi) is 15.1. The van der Waals surface area contributed by atoms with E-state index in [1.54, 1.807) is 6.92 Å². The number of benzene rings is 2. The van der Waals surface area contributed by atoms with Crippen LogP contribution in [-0.4, -0.2) is 104 Å². The second kappa shape index (κ2) is 19.0. The molecule has 0 radical (unpaired) electrons. The number of aliphatic hydroxyl groups is 2. The molecule has 1 saturated heterocycles. The average molecular weight is 688 g/mol. The van der Waals surface area contributed by atoms with Crippen molar-refractivity contribution in [3.63, 3.8) is 0 Å². The van der Waals surface area contributed by atoms with Gasteiger partial charge in [-0.15, -0.1) is 0 Å². The van der Waals surface area contributed by atoms with Crippen LogP contribution in [0.3, 0.4) is 0 Å². The lowest BCUT2D eigenvalue weighted by Gasteiger charge is -2.35. The van der Waals surface area contributed by atoms with E-state index in [4.69, 9.17) is 4.74 Å². The second-order valence-electron chi connectivity index (χ2n) is 13.8. The molecule has 0 aromatic heterocycles.